The number of hydrogen-bond donors (Lipinski definition) is 0. The standard InChI is InChI=1S/C10H9NS.C9H6NS.Pt/c1-8-4-2-5-9(11-8)10-6-3-7-12-10;1-2-6-10-8(4-1)9-5-3-7-11-9;/h2-5,7-8H,1H3;1-4,6-7H;/q-2;-1;. The van der Waals surface area contributed by atoms with Crippen LogP contribution in [0.5, 0.6) is 0 Å². The van der Waals surface area contributed by atoms with Crippen molar-refractivity contribution in [2.24, 2.45) is 0 Å². The average Bonchev–Trinajstić information content (AvgIpc) is 3.30. The molecule has 1 aliphatic heterocycles. The molecule has 0 spiro atoms. The Balaban J connectivity index is 0.000000167. The van der Waals surface area contributed by atoms with E-state index in [4.69, 9.17) is 0 Å². The summed E-state index contributed by atoms with van der Waals surface area (Å²) in [5.74, 6) is 0. The smallest absolute Gasteiger partial charge is 0.0124 e. The monoisotopic (exact) mass is 530 g/mol. The molecule has 3 aromatic rings. The number of thiophene rings is 2. The van der Waals surface area contributed by atoms with Crippen molar-refractivity contribution >= 4 is 28.4 Å². The minimum absolute atomic E-state index is 0. The van der Waals surface area contributed by atoms with Crippen molar-refractivity contribution in [3.8, 4) is 10.6 Å². The summed E-state index contributed by atoms with van der Waals surface area (Å²) in [5, 5.41) is 8.50. The van der Waals surface area contributed by atoms with Crippen molar-refractivity contribution in [3.63, 3.8) is 0 Å². The minimum Gasteiger partial charge on any atom is -0.735 e. The van der Waals surface area contributed by atoms with Crippen LogP contribution in [-0.2, 0) is 21.1 Å². The molecule has 0 radical (unpaired) electrons. The van der Waals surface area contributed by atoms with Crippen LogP contribution in [0.2, 0.25) is 0 Å². The number of nitrogens with zero attached hydrogens (tertiary/aromatic N) is 2. The Morgan fingerprint density at radius 1 is 1.08 bits per heavy atom. The molecular weight excluding hydrogens is 515 g/mol. The molecule has 0 aliphatic carbocycles. The summed E-state index contributed by atoms with van der Waals surface area (Å²) in [6.07, 6.45) is 7.96. The summed E-state index contributed by atoms with van der Waals surface area (Å²) in [6, 6.07) is 16.3. The number of hydrogen-bond acceptors (Lipinski definition) is 3. The summed E-state index contributed by atoms with van der Waals surface area (Å²) < 4.78 is 0. The molecule has 24 heavy (non-hydrogen) atoms. The van der Waals surface area contributed by atoms with E-state index >= 15 is 0 Å². The molecule has 0 saturated heterocycles. The maximum Gasteiger partial charge on any atom is 0.0124 e. The van der Waals surface area contributed by atoms with Crippen molar-refractivity contribution in [3.05, 3.63) is 87.8 Å². The van der Waals surface area contributed by atoms with Gasteiger partial charge in [-0.05, 0) is 11.8 Å². The molecule has 4 heterocycles. The Morgan fingerprint density at radius 2 is 1.83 bits per heavy atom. The molecule has 0 bridgehead atoms. The summed E-state index contributed by atoms with van der Waals surface area (Å²) in [5.41, 5.74) is 2.06. The fourth-order valence-electron chi connectivity index (χ4n) is 2.00. The molecule has 126 valence electrons. The van der Waals surface area contributed by atoms with Crippen LogP contribution >= 0.6 is 22.7 Å². The molecule has 0 N–H and O–H groups in total. The largest absolute Gasteiger partial charge is 0.735 e. The van der Waals surface area contributed by atoms with Gasteiger partial charge in [0.1, 0.15) is 0 Å². The van der Waals surface area contributed by atoms with Gasteiger partial charge >= 0.3 is 0 Å². The Kier molecular flexibility index (Phi) is 7.64. The second-order valence-corrected chi connectivity index (χ2v) is 6.64. The first kappa shape index (κ1) is 18.9. The predicted molar refractivity (Wildman–Crippen MR) is 99.5 cm³/mol. The van der Waals surface area contributed by atoms with Crippen LogP contribution in [0.25, 0.3) is 21.6 Å². The molecule has 1 unspecified atom stereocenters. The predicted octanol–water partition coefficient (Wildman–Crippen LogP) is 5.83. The summed E-state index contributed by atoms with van der Waals surface area (Å²) in [4.78, 5) is 6.43. The molecule has 2 nitrogen and oxygen atoms in total. The van der Waals surface area contributed by atoms with E-state index in [1.54, 1.807) is 28.9 Å². The van der Waals surface area contributed by atoms with E-state index in [2.05, 4.69) is 41.5 Å². The van der Waals surface area contributed by atoms with E-state index in [0.29, 0.717) is 6.04 Å². The van der Waals surface area contributed by atoms with Gasteiger partial charge in [0.05, 0.1) is 0 Å². The van der Waals surface area contributed by atoms with Gasteiger partial charge in [0.15, 0.2) is 0 Å². The number of rotatable bonds is 2. The van der Waals surface area contributed by atoms with Gasteiger partial charge in [-0.3, -0.25) is 0 Å². The molecule has 1 atom stereocenters. The minimum atomic E-state index is 0. The molecule has 0 aromatic carbocycles. The van der Waals surface area contributed by atoms with Gasteiger partial charge in [0.2, 0.25) is 0 Å². The molecule has 0 fully saturated rings. The van der Waals surface area contributed by atoms with E-state index in [-0.39, 0.29) is 21.1 Å². The van der Waals surface area contributed by atoms with E-state index < -0.39 is 0 Å². The quantitative estimate of drug-likeness (QED) is 0.383. The molecule has 4 rings (SSSR count). The van der Waals surface area contributed by atoms with Crippen LogP contribution in [0, 0.1) is 12.1 Å². The molecular formula is C19H15N2PtS2-3. The summed E-state index contributed by atoms with van der Waals surface area (Å²) in [7, 11) is 0. The zero-order chi connectivity index (χ0) is 15.9. The van der Waals surface area contributed by atoms with E-state index in [1.165, 1.54) is 0 Å². The zero-order valence-electron chi connectivity index (χ0n) is 13.0. The van der Waals surface area contributed by atoms with Gasteiger partial charge in [0, 0.05) is 27.3 Å². The van der Waals surface area contributed by atoms with Gasteiger partial charge in [-0.2, -0.15) is 24.3 Å². The summed E-state index contributed by atoms with van der Waals surface area (Å²) in [6.45, 7) is 2.08. The third-order valence-corrected chi connectivity index (χ3v) is 4.72. The average molecular weight is 531 g/mol. The fourth-order valence-corrected chi connectivity index (χ4v) is 3.30. The van der Waals surface area contributed by atoms with Crippen LogP contribution in [0.15, 0.2) is 65.5 Å². The zero-order valence-corrected chi connectivity index (χ0v) is 16.9. The molecule has 0 amide bonds. The van der Waals surface area contributed by atoms with Gasteiger partial charge in [-0.25, -0.2) is 28.4 Å². The molecule has 3 aromatic heterocycles. The van der Waals surface area contributed by atoms with Crippen LogP contribution in [0.4, 0.5) is 0 Å². The van der Waals surface area contributed by atoms with Crippen LogP contribution < -0.4 is 0 Å². The van der Waals surface area contributed by atoms with Gasteiger partial charge in [0.25, 0.3) is 0 Å². The van der Waals surface area contributed by atoms with Crippen molar-refractivity contribution < 1.29 is 21.1 Å². The molecule has 1 aliphatic rings. The Labute approximate surface area is 165 Å². The van der Waals surface area contributed by atoms with E-state index in [0.717, 1.165) is 21.1 Å². The third-order valence-electron chi connectivity index (χ3n) is 3.05. The first-order valence-electron chi connectivity index (χ1n) is 7.24. The first-order valence-corrected chi connectivity index (χ1v) is 9.00. The second kappa shape index (κ2) is 9.73. The van der Waals surface area contributed by atoms with Gasteiger partial charge in [-0.15, -0.1) is 33.8 Å². The molecule has 0 saturated carbocycles. The third kappa shape index (κ3) is 5.27. The molecule has 5 heteroatoms. The SMILES string of the molecule is CC1C=CC=C(c2[c-]ccs2)[N-]1.[Pt].[c-]1ccsc1-c1ccccn1. The van der Waals surface area contributed by atoms with E-state index in [9.17, 15) is 0 Å². The Bertz CT molecular complexity index is 763. The topological polar surface area (TPSA) is 27.0 Å². The van der Waals surface area contributed by atoms with Crippen LogP contribution in [0.3, 0.4) is 0 Å². The van der Waals surface area contributed by atoms with Gasteiger partial charge < -0.3 is 10.3 Å². The van der Waals surface area contributed by atoms with Crippen LogP contribution in [0.1, 0.15) is 11.8 Å². The number of allylic oxidation sites excluding steroid dienone is 2. The van der Waals surface area contributed by atoms with E-state index in [1.807, 2.05) is 47.2 Å². The number of aromatic nitrogens is 1. The van der Waals surface area contributed by atoms with Crippen molar-refractivity contribution in [2.45, 2.75) is 13.0 Å². The Morgan fingerprint density at radius 3 is 2.42 bits per heavy atom. The van der Waals surface area contributed by atoms with Crippen molar-refractivity contribution in [2.75, 3.05) is 0 Å². The van der Waals surface area contributed by atoms with Crippen molar-refractivity contribution in [1.82, 2.24) is 4.98 Å². The first-order chi connectivity index (χ1) is 11.3. The fraction of sp³-hybridized carbons (Fsp3) is 0.105. The normalized spacial score (nSPS) is 15.4. The number of pyridine rings is 1. The van der Waals surface area contributed by atoms with Gasteiger partial charge in [-0.1, -0.05) is 30.0 Å². The summed E-state index contributed by atoms with van der Waals surface area (Å²) >= 11 is 3.34. The van der Waals surface area contributed by atoms with Crippen LogP contribution in [-0.4, -0.2) is 11.0 Å². The van der Waals surface area contributed by atoms with Crippen molar-refractivity contribution in [1.29, 1.82) is 0 Å². The maximum atomic E-state index is 4.48. The second-order valence-electron chi connectivity index (χ2n) is 4.81. The Hall–Kier alpha value is -1.48. The maximum absolute atomic E-state index is 4.48.